The molecule has 0 unspecified atom stereocenters. The molecule has 0 aliphatic rings. The molecule has 0 spiro atoms. The van der Waals surface area contributed by atoms with Crippen molar-refractivity contribution in [2.24, 2.45) is 0 Å². The second-order valence-corrected chi connectivity index (χ2v) is 5.03. The summed E-state index contributed by atoms with van der Waals surface area (Å²) in [6.45, 7) is 0. The second-order valence-electron chi connectivity index (χ2n) is 5.03. The third kappa shape index (κ3) is 4.39. The second kappa shape index (κ2) is 7.87. The highest BCUT2D eigenvalue weighted by Crippen LogP contribution is 2.19. The van der Waals surface area contributed by atoms with E-state index >= 15 is 0 Å². The van der Waals surface area contributed by atoms with E-state index in [1.54, 1.807) is 24.3 Å². The average molecular weight is 324 g/mol. The number of hydrogen-bond acceptors (Lipinski definition) is 5. The SMILES string of the molecule is COC(=O)C(O)=CC(=O)CC(=O)c1ccc(-c2ccccc2)cc1. The number of Topliss-reactive ketones (excluding diaryl/α,β-unsaturated/α-hetero) is 1. The van der Waals surface area contributed by atoms with Crippen molar-refractivity contribution in [2.75, 3.05) is 7.11 Å². The van der Waals surface area contributed by atoms with Crippen LogP contribution in [0.2, 0.25) is 0 Å². The molecule has 0 bridgehead atoms. The number of methoxy groups -OCH3 is 1. The average Bonchev–Trinajstić information content (AvgIpc) is 2.61. The molecule has 0 aromatic heterocycles. The van der Waals surface area contributed by atoms with E-state index in [9.17, 15) is 19.5 Å². The normalized spacial score (nSPS) is 11.0. The summed E-state index contributed by atoms with van der Waals surface area (Å²) in [5.41, 5.74) is 2.37. The Kier molecular flexibility index (Phi) is 5.63. The van der Waals surface area contributed by atoms with Gasteiger partial charge in [-0.3, -0.25) is 9.59 Å². The summed E-state index contributed by atoms with van der Waals surface area (Å²) in [6, 6.07) is 16.6. The smallest absolute Gasteiger partial charge is 0.373 e. The van der Waals surface area contributed by atoms with E-state index in [0.29, 0.717) is 11.6 Å². The number of esters is 1. The predicted octanol–water partition coefficient (Wildman–Crippen LogP) is 3.11. The first-order chi connectivity index (χ1) is 11.5. The standard InChI is InChI=1S/C19H16O5/c1-24-19(23)18(22)12-16(20)11-17(21)15-9-7-14(8-10-15)13-5-3-2-4-6-13/h2-10,12,22H,11H2,1H3. The fourth-order valence-electron chi connectivity index (χ4n) is 2.11. The minimum Gasteiger partial charge on any atom is -0.502 e. The van der Waals surface area contributed by atoms with Crippen LogP contribution in [0.4, 0.5) is 0 Å². The fraction of sp³-hybridized carbons (Fsp3) is 0.105. The zero-order valence-corrected chi connectivity index (χ0v) is 13.1. The molecule has 0 radical (unpaired) electrons. The van der Waals surface area contributed by atoms with Gasteiger partial charge in [0.25, 0.3) is 0 Å². The molecule has 2 aromatic rings. The number of hydrogen-bond donors (Lipinski definition) is 1. The largest absolute Gasteiger partial charge is 0.502 e. The molecule has 0 aliphatic carbocycles. The molecule has 0 atom stereocenters. The van der Waals surface area contributed by atoms with Gasteiger partial charge in [-0.25, -0.2) is 4.79 Å². The Morgan fingerprint density at radius 1 is 0.958 bits per heavy atom. The van der Waals surface area contributed by atoms with Crippen LogP contribution in [0.5, 0.6) is 0 Å². The molecule has 0 saturated heterocycles. The minimum absolute atomic E-state index is 0.383. The Bertz CT molecular complexity index is 773. The van der Waals surface area contributed by atoms with Crippen LogP contribution in [0.25, 0.3) is 11.1 Å². The molecule has 5 nitrogen and oxygen atoms in total. The molecule has 0 fully saturated rings. The van der Waals surface area contributed by atoms with Crippen LogP contribution in [0.3, 0.4) is 0 Å². The summed E-state index contributed by atoms with van der Waals surface area (Å²) in [4.78, 5) is 34.8. The molecular weight excluding hydrogens is 308 g/mol. The summed E-state index contributed by atoms with van der Waals surface area (Å²) >= 11 is 0. The minimum atomic E-state index is -1.02. The van der Waals surface area contributed by atoms with Crippen molar-refractivity contribution in [3.05, 3.63) is 72.0 Å². The van der Waals surface area contributed by atoms with Crippen molar-refractivity contribution in [1.82, 2.24) is 0 Å². The molecule has 5 heteroatoms. The predicted molar refractivity (Wildman–Crippen MR) is 88.6 cm³/mol. The molecular formula is C19H16O5. The molecule has 24 heavy (non-hydrogen) atoms. The molecule has 2 aromatic carbocycles. The van der Waals surface area contributed by atoms with Gasteiger partial charge in [0.2, 0.25) is 5.76 Å². The Labute approximate surface area is 139 Å². The Morgan fingerprint density at radius 3 is 2.12 bits per heavy atom. The van der Waals surface area contributed by atoms with E-state index in [1.807, 2.05) is 30.3 Å². The van der Waals surface area contributed by atoms with Crippen LogP contribution in [0.15, 0.2) is 66.4 Å². The van der Waals surface area contributed by atoms with Crippen LogP contribution >= 0.6 is 0 Å². The van der Waals surface area contributed by atoms with Crippen molar-refractivity contribution in [2.45, 2.75) is 6.42 Å². The highest BCUT2D eigenvalue weighted by atomic mass is 16.5. The van der Waals surface area contributed by atoms with Crippen molar-refractivity contribution >= 4 is 17.5 Å². The molecule has 0 amide bonds. The number of ketones is 2. The van der Waals surface area contributed by atoms with Crippen LogP contribution in [0.1, 0.15) is 16.8 Å². The summed E-state index contributed by atoms with van der Waals surface area (Å²) in [5, 5.41) is 9.29. The van der Waals surface area contributed by atoms with E-state index in [0.717, 1.165) is 18.2 Å². The molecule has 1 N–H and O–H groups in total. The summed E-state index contributed by atoms with van der Waals surface area (Å²) < 4.78 is 4.26. The van der Waals surface area contributed by atoms with Gasteiger partial charge < -0.3 is 9.84 Å². The number of benzene rings is 2. The van der Waals surface area contributed by atoms with E-state index < -0.39 is 29.7 Å². The summed E-state index contributed by atoms with van der Waals surface area (Å²) in [7, 11) is 1.08. The Hall–Kier alpha value is -3.21. The van der Waals surface area contributed by atoms with E-state index in [4.69, 9.17) is 0 Å². The number of aliphatic hydroxyl groups is 1. The van der Waals surface area contributed by atoms with Crippen LogP contribution in [-0.2, 0) is 14.3 Å². The Balaban J connectivity index is 2.05. The van der Waals surface area contributed by atoms with Gasteiger partial charge >= 0.3 is 5.97 Å². The monoisotopic (exact) mass is 324 g/mol. The number of rotatable bonds is 6. The van der Waals surface area contributed by atoms with Crippen molar-refractivity contribution in [3.63, 3.8) is 0 Å². The van der Waals surface area contributed by atoms with Gasteiger partial charge in [0.1, 0.15) is 0 Å². The quantitative estimate of drug-likeness (QED) is 0.290. The van der Waals surface area contributed by atoms with Gasteiger partial charge in [0.05, 0.1) is 13.5 Å². The maximum Gasteiger partial charge on any atom is 0.373 e. The third-order valence-corrected chi connectivity index (χ3v) is 3.34. The molecule has 0 saturated carbocycles. The van der Waals surface area contributed by atoms with Gasteiger partial charge in [0.15, 0.2) is 11.6 Å². The van der Waals surface area contributed by atoms with E-state index in [-0.39, 0.29) is 0 Å². The van der Waals surface area contributed by atoms with Gasteiger partial charge in [0, 0.05) is 11.6 Å². The topological polar surface area (TPSA) is 80.7 Å². The lowest BCUT2D eigenvalue weighted by Crippen LogP contribution is -2.10. The lowest BCUT2D eigenvalue weighted by Gasteiger charge is -2.03. The molecule has 2 rings (SSSR count). The van der Waals surface area contributed by atoms with Crippen LogP contribution in [-0.4, -0.2) is 29.8 Å². The van der Waals surface area contributed by atoms with Gasteiger partial charge in [-0.1, -0.05) is 54.6 Å². The van der Waals surface area contributed by atoms with Crippen molar-refractivity contribution in [3.8, 4) is 11.1 Å². The summed E-state index contributed by atoms with van der Waals surface area (Å²) in [5.74, 6) is -2.92. The number of carbonyl (C=O) groups is 3. The van der Waals surface area contributed by atoms with Gasteiger partial charge in [-0.2, -0.15) is 0 Å². The van der Waals surface area contributed by atoms with Gasteiger partial charge in [-0.15, -0.1) is 0 Å². The Morgan fingerprint density at radius 2 is 1.54 bits per heavy atom. The van der Waals surface area contributed by atoms with Gasteiger partial charge in [-0.05, 0) is 11.1 Å². The number of carbonyl (C=O) groups excluding carboxylic acids is 3. The lowest BCUT2D eigenvalue weighted by atomic mass is 10.0. The lowest BCUT2D eigenvalue weighted by molar-refractivity contribution is -0.139. The van der Waals surface area contributed by atoms with Crippen LogP contribution < -0.4 is 0 Å². The zero-order chi connectivity index (χ0) is 17.5. The van der Waals surface area contributed by atoms with Crippen molar-refractivity contribution in [1.29, 1.82) is 0 Å². The zero-order valence-electron chi connectivity index (χ0n) is 13.1. The van der Waals surface area contributed by atoms with E-state index in [2.05, 4.69) is 4.74 Å². The first-order valence-corrected chi connectivity index (χ1v) is 7.21. The highest BCUT2D eigenvalue weighted by molar-refractivity contribution is 6.12. The first-order valence-electron chi connectivity index (χ1n) is 7.21. The molecule has 0 aliphatic heterocycles. The van der Waals surface area contributed by atoms with E-state index in [1.165, 1.54) is 0 Å². The highest BCUT2D eigenvalue weighted by Gasteiger charge is 2.14. The maximum atomic E-state index is 12.1. The van der Waals surface area contributed by atoms with Crippen LogP contribution in [0, 0.1) is 0 Å². The van der Waals surface area contributed by atoms with Crippen molar-refractivity contribution < 1.29 is 24.2 Å². The molecule has 0 heterocycles. The fourth-order valence-corrected chi connectivity index (χ4v) is 2.11. The first kappa shape index (κ1) is 17.1. The third-order valence-electron chi connectivity index (χ3n) is 3.34. The maximum absolute atomic E-state index is 12.1. The summed E-state index contributed by atoms with van der Waals surface area (Å²) in [6.07, 6.45) is 0.258. The number of ether oxygens (including phenoxy) is 1. The molecule has 122 valence electrons. The number of aliphatic hydroxyl groups excluding tert-OH is 1. The number of allylic oxidation sites excluding steroid dienone is 1.